The second-order valence-electron chi connectivity index (χ2n) is 4.82. The molecule has 2 heterocycles. The van der Waals surface area contributed by atoms with Gasteiger partial charge in [0.05, 0.1) is 11.1 Å². The molecule has 0 bridgehead atoms. The first kappa shape index (κ1) is 13.1. The van der Waals surface area contributed by atoms with Crippen molar-refractivity contribution < 1.29 is 4.52 Å². The molecule has 0 saturated carbocycles. The fourth-order valence-corrected chi connectivity index (χ4v) is 2.72. The van der Waals surface area contributed by atoms with Gasteiger partial charge in [0, 0.05) is 17.1 Å². The second-order valence-corrected chi connectivity index (χ2v) is 5.67. The van der Waals surface area contributed by atoms with Gasteiger partial charge in [0.1, 0.15) is 5.52 Å². The van der Waals surface area contributed by atoms with Gasteiger partial charge in [0.2, 0.25) is 5.82 Å². The number of halogens is 1. The van der Waals surface area contributed by atoms with E-state index in [0.29, 0.717) is 11.7 Å². The lowest BCUT2D eigenvalue weighted by molar-refractivity contribution is 0.432. The quantitative estimate of drug-likeness (QED) is 0.550. The SMILES string of the molecule is Cn1nnc2cc(-c3noc(-c4ccccc4Br)n3)ccc21. The van der Waals surface area contributed by atoms with E-state index in [1.54, 1.807) is 4.68 Å². The molecule has 0 radical (unpaired) electrons. The number of aromatic nitrogens is 5. The maximum atomic E-state index is 5.37. The highest BCUT2D eigenvalue weighted by atomic mass is 79.9. The number of fused-ring (bicyclic) bond motifs is 1. The third kappa shape index (κ3) is 2.10. The Bertz CT molecular complexity index is 975. The number of benzene rings is 2. The molecule has 0 spiro atoms. The van der Waals surface area contributed by atoms with Crippen LogP contribution < -0.4 is 0 Å². The van der Waals surface area contributed by atoms with E-state index < -0.39 is 0 Å². The Balaban J connectivity index is 1.78. The van der Waals surface area contributed by atoms with Crippen LogP contribution in [0.2, 0.25) is 0 Å². The molecule has 0 aliphatic carbocycles. The summed E-state index contributed by atoms with van der Waals surface area (Å²) in [6.07, 6.45) is 0. The fraction of sp³-hybridized carbons (Fsp3) is 0.0667. The summed E-state index contributed by atoms with van der Waals surface area (Å²) >= 11 is 3.48. The van der Waals surface area contributed by atoms with E-state index in [1.807, 2.05) is 49.5 Å². The Labute approximate surface area is 133 Å². The normalized spacial score (nSPS) is 11.2. The molecule has 7 heteroatoms. The summed E-state index contributed by atoms with van der Waals surface area (Å²) in [4.78, 5) is 4.46. The zero-order valence-electron chi connectivity index (χ0n) is 11.6. The van der Waals surface area contributed by atoms with E-state index in [0.717, 1.165) is 26.6 Å². The smallest absolute Gasteiger partial charge is 0.259 e. The van der Waals surface area contributed by atoms with Gasteiger partial charge in [0.15, 0.2) is 0 Å². The second kappa shape index (κ2) is 5.03. The molecule has 2 aromatic heterocycles. The lowest BCUT2D eigenvalue weighted by Crippen LogP contribution is -1.89. The topological polar surface area (TPSA) is 69.6 Å². The van der Waals surface area contributed by atoms with Gasteiger partial charge >= 0.3 is 0 Å². The molecule has 0 amide bonds. The van der Waals surface area contributed by atoms with Crippen LogP contribution in [0.25, 0.3) is 33.9 Å². The van der Waals surface area contributed by atoms with Crippen molar-refractivity contribution in [3.63, 3.8) is 0 Å². The Morgan fingerprint density at radius 3 is 2.86 bits per heavy atom. The van der Waals surface area contributed by atoms with Gasteiger partial charge in [-0.1, -0.05) is 22.5 Å². The largest absolute Gasteiger partial charge is 0.334 e. The van der Waals surface area contributed by atoms with Gasteiger partial charge in [-0.05, 0) is 46.3 Å². The van der Waals surface area contributed by atoms with Crippen molar-refractivity contribution in [1.29, 1.82) is 0 Å². The van der Waals surface area contributed by atoms with Gasteiger partial charge in [-0.25, -0.2) is 4.68 Å². The highest BCUT2D eigenvalue weighted by molar-refractivity contribution is 9.10. The minimum absolute atomic E-state index is 0.474. The number of nitrogens with zero attached hydrogens (tertiary/aromatic N) is 5. The molecular formula is C15H10BrN5O. The summed E-state index contributed by atoms with van der Waals surface area (Å²) in [6.45, 7) is 0. The van der Waals surface area contributed by atoms with Crippen LogP contribution >= 0.6 is 15.9 Å². The molecule has 22 heavy (non-hydrogen) atoms. The van der Waals surface area contributed by atoms with Crippen molar-refractivity contribution in [2.24, 2.45) is 7.05 Å². The van der Waals surface area contributed by atoms with Crippen molar-refractivity contribution in [3.05, 3.63) is 46.9 Å². The van der Waals surface area contributed by atoms with Crippen LogP contribution in [0.15, 0.2) is 51.5 Å². The van der Waals surface area contributed by atoms with Crippen LogP contribution in [0.5, 0.6) is 0 Å². The van der Waals surface area contributed by atoms with E-state index in [2.05, 4.69) is 36.4 Å². The van der Waals surface area contributed by atoms with Crippen LogP contribution in [0.3, 0.4) is 0 Å². The van der Waals surface area contributed by atoms with E-state index in [9.17, 15) is 0 Å². The molecule has 2 aromatic carbocycles. The Hall–Kier alpha value is -2.54. The zero-order chi connectivity index (χ0) is 15.1. The van der Waals surface area contributed by atoms with Crippen LogP contribution in [-0.4, -0.2) is 25.1 Å². The summed E-state index contributed by atoms with van der Waals surface area (Å²) < 4.78 is 8.01. The first-order chi connectivity index (χ1) is 10.7. The number of hydrogen-bond donors (Lipinski definition) is 0. The Morgan fingerprint density at radius 1 is 1.14 bits per heavy atom. The summed E-state index contributed by atoms with van der Waals surface area (Å²) in [7, 11) is 1.86. The van der Waals surface area contributed by atoms with Gasteiger partial charge in [-0.2, -0.15) is 4.98 Å². The van der Waals surface area contributed by atoms with Crippen molar-refractivity contribution in [3.8, 4) is 22.8 Å². The maximum absolute atomic E-state index is 5.37. The number of rotatable bonds is 2. The summed E-state index contributed by atoms with van der Waals surface area (Å²) in [5.41, 5.74) is 3.46. The van der Waals surface area contributed by atoms with Crippen LogP contribution in [-0.2, 0) is 7.05 Å². The van der Waals surface area contributed by atoms with Gasteiger partial charge < -0.3 is 4.52 Å². The van der Waals surface area contributed by atoms with Crippen LogP contribution in [0, 0.1) is 0 Å². The fourth-order valence-electron chi connectivity index (χ4n) is 2.26. The molecule has 0 fully saturated rings. The average Bonchev–Trinajstić information content (AvgIpc) is 3.15. The molecule has 0 saturated heterocycles. The Morgan fingerprint density at radius 2 is 2.00 bits per heavy atom. The zero-order valence-corrected chi connectivity index (χ0v) is 13.1. The molecule has 4 aromatic rings. The van der Waals surface area contributed by atoms with Crippen molar-refractivity contribution in [2.75, 3.05) is 0 Å². The number of hydrogen-bond acceptors (Lipinski definition) is 5. The predicted octanol–water partition coefficient (Wildman–Crippen LogP) is 3.45. The lowest BCUT2D eigenvalue weighted by atomic mass is 10.2. The molecule has 0 aliphatic heterocycles. The highest BCUT2D eigenvalue weighted by Crippen LogP contribution is 2.29. The molecule has 0 unspecified atom stereocenters. The first-order valence-electron chi connectivity index (χ1n) is 6.61. The third-order valence-corrected chi connectivity index (χ3v) is 4.09. The first-order valence-corrected chi connectivity index (χ1v) is 7.40. The van der Waals surface area contributed by atoms with Gasteiger partial charge in [-0.3, -0.25) is 0 Å². The highest BCUT2D eigenvalue weighted by Gasteiger charge is 2.14. The monoisotopic (exact) mass is 355 g/mol. The van der Waals surface area contributed by atoms with Crippen LogP contribution in [0.1, 0.15) is 0 Å². The van der Waals surface area contributed by atoms with Crippen LogP contribution in [0.4, 0.5) is 0 Å². The number of aryl methyl sites for hydroxylation is 1. The van der Waals surface area contributed by atoms with E-state index in [4.69, 9.17) is 4.52 Å². The maximum Gasteiger partial charge on any atom is 0.259 e. The van der Waals surface area contributed by atoms with Crippen molar-refractivity contribution in [2.45, 2.75) is 0 Å². The third-order valence-electron chi connectivity index (χ3n) is 3.40. The molecule has 0 atom stereocenters. The van der Waals surface area contributed by atoms with Gasteiger partial charge in [0.25, 0.3) is 5.89 Å². The molecular weight excluding hydrogens is 346 g/mol. The Kier molecular flexibility index (Phi) is 3.00. The van der Waals surface area contributed by atoms with Gasteiger partial charge in [-0.15, -0.1) is 5.10 Å². The summed E-state index contributed by atoms with van der Waals surface area (Å²) in [5, 5.41) is 12.1. The molecule has 108 valence electrons. The van der Waals surface area contributed by atoms with Crippen molar-refractivity contribution in [1.82, 2.24) is 25.1 Å². The molecule has 0 aliphatic rings. The summed E-state index contributed by atoms with van der Waals surface area (Å²) in [6, 6.07) is 13.5. The minimum Gasteiger partial charge on any atom is -0.334 e. The minimum atomic E-state index is 0.474. The molecule has 4 rings (SSSR count). The predicted molar refractivity (Wildman–Crippen MR) is 84.9 cm³/mol. The van der Waals surface area contributed by atoms with Crippen molar-refractivity contribution >= 4 is 27.0 Å². The summed E-state index contributed by atoms with van der Waals surface area (Å²) in [5.74, 6) is 1.00. The average molecular weight is 356 g/mol. The molecule has 6 nitrogen and oxygen atoms in total. The van der Waals surface area contributed by atoms with E-state index in [1.165, 1.54) is 0 Å². The van der Waals surface area contributed by atoms with E-state index in [-0.39, 0.29) is 0 Å². The van der Waals surface area contributed by atoms with E-state index >= 15 is 0 Å². The standard InChI is InChI=1S/C15H10BrN5O/c1-21-13-7-6-9(8-12(13)18-20-21)14-17-15(22-19-14)10-4-2-3-5-11(10)16/h2-8H,1H3. The lowest BCUT2D eigenvalue weighted by Gasteiger charge is -1.97. The molecule has 0 N–H and O–H groups in total.